The molecule has 0 saturated heterocycles. The lowest BCUT2D eigenvalue weighted by molar-refractivity contribution is -0.378. The third-order valence-electron chi connectivity index (χ3n) is 0.836. The zero-order chi connectivity index (χ0) is 5.82. The first-order chi connectivity index (χ1) is 3.93. The average molecular weight is 232 g/mol. The number of aromatic nitrogens is 1. The van der Waals surface area contributed by atoms with Crippen LogP contribution in [0.3, 0.4) is 0 Å². The van der Waals surface area contributed by atoms with E-state index >= 15 is 0 Å². The molecular formula is C6H5IN2. The van der Waals surface area contributed by atoms with E-state index in [0.717, 1.165) is 0 Å². The Kier molecular flexibility index (Phi) is 3.97. The molecule has 9 heavy (non-hydrogen) atoms. The lowest BCUT2D eigenvalue weighted by atomic mass is 10.3. The first-order valence-electron chi connectivity index (χ1n) is 2.29. The summed E-state index contributed by atoms with van der Waals surface area (Å²) in [5.41, 5.74) is 0.660. The highest BCUT2D eigenvalue weighted by Crippen LogP contribution is 1.86. The van der Waals surface area contributed by atoms with E-state index in [1.54, 1.807) is 24.5 Å². The molecule has 0 bridgehead atoms. The fraction of sp³-hybridized carbons (Fsp3) is 0. The van der Waals surface area contributed by atoms with E-state index in [9.17, 15) is 0 Å². The Hall–Kier alpha value is -0.630. The van der Waals surface area contributed by atoms with Crippen LogP contribution in [0, 0.1) is 11.3 Å². The van der Waals surface area contributed by atoms with Gasteiger partial charge in [-0.15, -0.1) is 0 Å². The predicted octanol–water partition coefficient (Wildman–Crippen LogP) is -2.62. The zero-order valence-corrected chi connectivity index (χ0v) is 6.79. The summed E-state index contributed by atoms with van der Waals surface area (Å²) in [5.74, 6) is 0. The number of H-pyrrole nitrogens is 1. The Balaban J connectivity index is 0.000000640. The van der Waals surface area contributed by atoms with Crippen molar-refractivity contribution in [2.24, 2.45) is 0 Å². The van der Waals surface area contributed by atoms with Crippen LogP contribution < -0.4 is 29.0 Å². The van der Waals surface area contributed by atoms with Crippen molar-refractivity contribution in [3.63, 3.8) is 0 Å². The van der Waals surface area contributed by atoms with E-state index in [0.29, 0.717) is 5.56 Å². The number of pyridine rings is 1. The van der Waals surface area contributed by atoms with Crippen molar-refractivity contribution < 1.29 is 29.0 Å². The molecule has 1 aromatic heterocycles. The molecule has 2 nitrogen and oxygen atoms in total. The molecule has 0 aliphatic heterocycles. The molecule has 0 saturated carbocycles. The molecule has 46 valence electrons. The smallest absolute Gasteiger partial charge is 0.184 e. The maximum Gasteiger partial charge on any atom is 0.184 e. The third-order valence-corrected chi connectivity index (χ3v) is 0.836. The molecule has 0 atom stereocenters. The lowest BCUT2D eigenvalue weighted by Gasteiger charge is -1.73. The Morgan fingerprint density at radius 2 is 2.33 bits per heavy atom. The fourth-order valence-electron chi connectivity index (χ4n) is 0.463. The Morgan fingerprint density at radius 3 is 2.67 bits per heavy atom. The highest BCUT2D eigenvalue weighted by Gasteiger charge is 1.86. The van der Waals surface area contributed by atoms with Gasteiger partial charge in [0.25, 0.3) is 0 Å². The number of halogens is 1. The van der Waals surface area contributed by atoms with Gasteiger partial charge in [0.1, 0.15) is 11.6 Å². The summed E-state index contributed by atoms with van der Waals surface area (Å²) >= 11 is 0. The number of nitrogens with zero attached hydrogens (tertiary/aromatic N) is 1. The molecule has 0 aromatic carbocycles. The molecule has 0 amide bonds. The molecule has 0 spiro atoms. The van der Waals surface area contributed by atoms with Gasteiger partial charge in [-0.25, -0.2) is 4.98 Å². The highest BCUT2D eigenvalue weighted by atomic mass is 127. The van der Waals surface area contributed by atoms with Gasteiger partial charge in [0.05, 0.1) is 0 Å². The number of nitriles is 1. The molecular weight excluding hydrogens is 227 g/mol. The third kappa shape index (κ3) is 2.42. The number of hydrogen-bond donors (Lipinski definition) is 0. The van der Waals surface area contributed by atoms with E-state index in [4.69, 9.17) is 5.26 Å². The van der Waals surface area contributed by atoms with Crippen molar-refractivity contribution >= 4 is 0 Å². The van der Waals surface area contributed by atoms with Crippen LogP contribution in [0.25, 0.3) is 0 Å². The van der Waals surface area contributed by atoms with E-state index in [-0.39, 0.29) is 24.0 Å². The van der Waals surface area contributed by atoms with E-state index in [1.807, 2.05) is 6.07 Å². The monoisotopic (exact) mass is 232 g/mol. The summed E-state index contributed by atoms with van der Waals surface area (Å²) < 4.78 is 0. The molecule has 0 aliphatic rings. The van der Waals surface area contributed by atoms with Crippen LogP contribution in [0.5, 0.6) is 0 Å². The van der Waals surface area contributed by atoms with Crippen LogP contribution in [-0.4, -0.2) is 0 Å². The van der Waals surface area contributed by atoms with E-state index in [1.165, 1.54) is 0 Å². The molecule has 1 heterocycles. The first-order valence-corrected chi connectivity index (χ1v) is 2.29. The summed E-state index contributed by atoms with van der Waals surface area (Å²) in [6.07, 6.45) is 3.42. The van der Waals surface area contributed by atoms with Crippen molar-refractivity contribution in [3.05, 3.63) is 30.1 Å². The molecule has 0 fully saturated rings. The maximum absolute atomic E-state index is 8.27. The van der Waals surface area contributed by atoms with Gasteiger partial charge in [0.2, 0.25) is 0 Å². The van der Waals surface area contributed by atoms with Gasteiger partial charge < -0.3 is 24.0 Å². The Labute approximate surface area is 70.6 Å². The molecule has 1 N–H and O–H groups in total. The molecule has 1 rings (SSSR count). The van der Waals surface area contributed by atoms with Crippen molar-refractivity contribution in [1.82, 2.24) is 0 Å². The minimum atomic E-state index is 0. The summed E-state index contributed by atoms with van der Waals surface area (Å²) in [7, 11) is 0. The summed E-state index contributed by atoms with van der Waals surface area (Å²) in [6, 6.07) is 5.53. The normalized spacial score (nSPS) is 7.00. The summed E-state index contributed by atoms with van der Waals surface area (Å²) in [6.45, 7) is 0. The van der Waals surface area contributed by atoms with Gasteiger partial charge in [0.15, 0.2) is 12.4 Å². The first kappa shape index (κ1) is 8.37. The van der Waals surface area contributed by atoms with Crippen molar-refractivity contribution in [2.75, 3.05) is 0 Å². The van der Waals surface area contributed by atoms with E-state index < -0.39 is 0 Å². The number of nitrogens with one attached hydrogen (secondary N) is 1. The summed E-state index contributed by atoms with van der Waals surface area (Å²) in [4.78, 5) is 2.79. The van der Waals surface area contributed by atoms with Crippen LogP contribution >= 0.6 is 0 Å². The van der Waals surface area contributed by atoms with Crippen molar-refractivity contribution in [1.29, 1.82) is 5.26 Å². The zero-order valence-electron chi connectivity index (χ0n) is 4.63. The quantitative estimate of drug-likeness (QED) is 0.451. The molecule has 0 aliphatic carbocycles. The highest BCUT2D eigenvalue weighted by molar-refractivity contribution is 5.21. The second-order valence-electron chi connectivity index (χ2n) is 1.40. The van der Waals surface area contributed by atoms with Gasteiger partial charge in [0, 0.05) is 6.07 Å². The van der Waals surface area contributed by atoms with Gasteiger partial charge in [-0.2, -0.15) is 5.26 Å². The largest absolute Gasteiger partial charge is 1.00 e. The van der Waals surface area contributed by atoms with Crippen LogP contribution in [0.4, 0.5) is 0 Å². The topological polar surface area (TPSA) is 37.9 Å². The van der Waals surface area contributed by atoms with Crippen LogP contribution in [-0.2, 0) is 0 Å². The minimum absolute atomic E-state index is 0. The SMILES string of the molecule is N#Cc1ccc[nH+]c1.[I-]. The Morgan fingerprint density at radius 1 is 1.56 bits per heavy atom. The number of rotatable bonds is 0. The molecule has 0 unspecified atom stereocenters. The van der Waals surface area contributed by atoms with Crippen molar-refractivity contribution in [3.8, 4) is 6.07 Å². The van der Waals surface area contributed by atoms with Crippen LogP contribution in [0.2, 0.25) is 0 Å². The maximum atomic E-state index is 8.27. The van der Waals surface area contributed by atoms with Gasteiger partial charge in [-0.05, 0) is 6.07 Å². The van der Waals surface area contributed by atoms with Crippen LogP contribution in [0.1, 0.15) is 5.56 Å². The molecule has 1 aromatic rings. The number of aromatic amines is 1. The van der Waals surface area contributed by atoms with Gasteiger partial charge in [-0.3, -0.25) is 0 Å². The number of hydrogen-bond acceptors (Lipinski definition) is 1. The molecule has 0 radical (unpaired) electrons. The molecule has 3 heteroatoms. The standard InChI is InChI=1S/C6H4N2.HI/c7-4-6-2-1-3-8-5-6;/h1-3,5H;1H. The second-order valence-corrected chi connectivity index (χ2v) is 1.40. The predicted molar refractivity (Wildman–Crippen MR) is 27.7 cm³/mol. The summed E-state index contributed by atoms with van der Waals surface area (Å²) in [5, 5.41) is 8.27. The fourth-order valence-corrected chi connectivity index (χ4v) is 0.463. The van der Waals surface area contributed by atoms with Crippen LogP contribution in [0.15, 0.2) is 24.5 Å². The Bertz CT molecular complexity index is 202. The van der Waals surface area contributed by atoms with Crippen molar-refractivity contribution in [2.45, 2.75) is 0 Å². The van der Waals surface area contributed by atoms with Gasteiger partial charge >= 0.3 is 0 Å². The average Bonchev–Trinajstić information content (AvgIpc) is 1.90. The lowest BCUT2D eigenvalue weighted by Crippen LogP contribution is -3.00. The van der Waals surface area contributed by atoms with E-state index in [2.05, 4.69) is 4.98 Å². The minimum Gasteiger partial charge on any atom is -1.00 e. The second kappa shape index (κ2) is 4.27. The van der Waals surface area contributed by atoms with Gasteiger partial charge in [-0.1, -0.05) is 0 Å².